The van der Waals surface area contributed by atoms with Crippen LogP contribution in [0.3, 0.4) is 0 Å². The van der Waals surface area contributed by atoms with Gasteiger partial charge in [-0.05, 0) is 77.9 Å². The quantitative estimate of drug-likeness (QED) is 0.152. The van der Waals surface area contributed by atoms with E-state index in [9.17, 15) is 14.0 Å². The van der Waals surface area contributed by atoms with Gasteiger partial charge in [0.15, 0.2) is 0 Å². The molecule has 4 N–H and O–H groups in total. The summed E-state index contributed by atoms with van der Waals surface area (Å²) in [6.07, 6.45) is 7.12. The maximum Gasteiger partial charge on any atom is 0.322 e. The smallest absolute Gasteiger partial charge is 0.322 e. The van der Waals surface area contributed by atoms with Crippen molar-refractivity contribution in [2.75, 3.05) is 11.9 Å². The molecule has 1 aromatic heterocycles. The summed E-state index contributed by atoms with van der Waals surface area (Å²) in [6.45, 7) is 0.497. The molecular formula is C29H27FN4O3. The number of hydroxylamine groups is 1. The van der Waals surface area contributed by atoms with E-state index in [1.807, 2.05) is 47.5 Å². The zero-order valence-corrected chi connectivity index (χ0v) is 20.1. The van der Waals surface area contributed by atoms with Crippen molar-refractivity contribution in [1.29, 1.82) is 0 Å². The first-order valence-electron chi connectivity index (χ1n) is 12.1. The van der Waals surface area contributed by atoms with Crippen LogP contribution in [0.2, 0.25) is 0 Å². The number of aromatic nitrogens is 1. The summed E-state index contributed by atoms with van der Waals surface area (Å²) in [5.41, 5.74) is 7.32. The van der Waals surface area contributed by atoms with E-state index in [1.165, 1.54) is 18.2 Å². The number of anilines is 1. The molecule has 1 aliphatic carbocycles. The van der Waals surface area contributed by atoms with Crippen molar-refractivity contribution < 1.29 is 19.2 Å². The van der Waals surface area contributed by atoms with E-state index in [-0.39, 0.29) is 17.9 Å². The van der Waals surface area contributed by atoms with Crippen LogP contribution in [-0.2, 0) is 17.6 Å². The minimum Gasteiger partial charge on any atom is -0.361 e. The molecule has 0 bridgehead atoms. The number of urea groups is 1. The first-order chi connectivity index (χ1) is 18.0. The lowest BCUT2D eigenvalue weighted by Crippen LogP contribution is -2.38. The van der Waals surface area contributed by atoms with Gasteiger partial charge in [-0.15, -0.1) is 0 Å². The zero-order chi connectivity index (χ0) is 25.8. The Bertz CT molecular complexity index is 1460. The Labute approximate surface area is 213 Å². The molecule has 188 valence electrons. The topological polar surface area (TPSA) is 97.5 Å². The SMILES string of the molecule is O=C(/C=C/c1ccc2c(c1)CCC2N(CCc1c[nH]c2ccccc12)C(=O)Nc1ccc(F)cc1)NO. The molecule has 0 spiro atoms. The second-order valence-electron chi connectivity index (χ2n) is 9.06. The van der Waals surface area contributed by atoms with E-state index in [2.05, 4.69) is 16.4 Å². The molecule has 1 heterocycles. The van der Waals surface area contributed by atoms with Crippen LogP contribution in [0.4, 0.5) is 14.9 Å². The van der Waals surface area contributed by atoms with E-state index in [1.54, 1.807) is 23.7 Å². The van der Waals surface area contributed by atoms with Gasteiger partial charge in [0, 0.05) is 35.4 Å². The minimum absolute atomic E-state index is 0.126. The van der Waals surface area contributed by atoms with E-state index in [4.69, 9.17) is 5.21 Å². The van der Waals surface area contributed by atoms with Crippen molar-refractivity contribution in [3.05, 3.63) is 107 Å². The summed E-state index contributed by atoms with van der Waals surface area (Å²) in [5, 5.41) is 12.8. The third kappa shape index (κ3) is 5.39. The fourth-order valence-corrected chi connectivity index (χ4v) is 4.96. The number of fused-ring (bicyclic) bond motifs is 2. The number of carbonyl (C=O) groups is 2. The van der Waals surface area contributed by atoms with Crippen molar-refractivity contribution >= 4 is 34.6 Å². The number of rotatable bonds is 7. The van der Waals surface area contributed by atoms with E-state index >= 15 is 0 Å². The second-order valence-corrected chi connectivity index (χ2v) is 9.06. The number of aryl methyl sites for hydroxylation is 1. The molecule has 0 radical (unpaired) electrons. The van der Waals surface area contributed by atoms with E-state index in [0.717, 1.165) is 46.0 Å². The Kier molecular flexibility index (Phi) is 7.00. The minimum atomic E-state index is -0.598. The fourth-order valence-electron chi connectivity index (χ4n) is 4.96. The monoisotopic (exact) mass is 498 g/mol. The van der Waals surface area contributed by atoms with Crippen molar-refractivity contribution in [2.24, 2.45) is 0 Å². The van der Waals surface area contributed by atoms with Crippen molar-refractivity contribution in [2.45, 2.75) is 25.3 Å². The standard InChI is InChI=1S/C29H27FN4O3/c30-22-8-10-23(11-9-22)32-29(36)34(16-15-21-18-31-26-4-2-1-3-24(21)26)27-13-7-20-17-19(5-12-25(20)27)6-14-28(35)33-37/h1-6,8-12,14,17-18,27,31,37H,7,13,15-16H2,(H,32,36)(H,33,35)/b14-6+. The first-order valence-corrected chi connectivity index (χ1v) is 12.1. The van der Waals surface area contributed by atoms with Crippen LogP contribution in [0.5, 0.6) is 0 Å². The molecule has 4 aromatic rings. The van der Waals surface area contributed by atoms with Crippen LogP contribution in [0, 0.1) is 5.82 Å². The maximum atomic E-state index is 13.5. The molecule has 5 rings (SSSR count). The van der Waals surface area contributed by atoms with Crippen LogP contribution in [0.1, 0.15) is 34.7 Å². The van der Waals surface area contributed by atoms with Crippen LogP contribution < -0.4 is 10.8 Å². The molecule has 1 unspecified atom stereocenters. The van der Waals surface area contributed by atoms with Gasteiger partial charge in [-0.2, -0.15) is 0 Å². The highest BCUT2D eigenvalue weighted by molar-refractivity contribution is 5.91. The normalized spacial score (nSPS) is 14.6. The Morgan fingerprint density at radius 3 is 2.73 bits per heavy atom. The third-order valence-electron chi connectivity index (χ3n) is 6.78. The van der Waals surface area contributed by atoms with Crippen molar-refractivity contribution in [1.82, 2.24) is 15.4 Å². The van der Waals surface area contributed by atoms with Gasteiger partial charge in [0.05, 0.1) is 6.04 Å². The molecule has 8 heteroatoms. The number of hydrogen-bond acceptors (Lipinski definition) is 3. The van der Waals surface area contributed by atoms with Gasteiger partial charge in [-0.25, -0.2) is 14.7 Å². The Balaban J connectivity index is 1.40. The largest absolute Gasteiger partial charge is 0.361 e. The van der Waals surface area contributed by atoms with Crippen LogP contribution >= 0.6 is 0 Å². The summed E-state index contributed by atoms with van der Waals surface area (Å²) < 4.78 is 13.4. The average molecular weight is 499 g/mol. The molecule has 0 aliphatic heterocycles. The van der Waals surface area contributed by atoms with Gasteiger partial charge in [0.2, 0.25) is 0 Å². The van der Waals surface area contributed by atoms with Gasteiger partial charge in [0.1, 0.15) is 5.82 Å². The van der Waals surface area contributed by atoms with Crippen LogP contribution in [0.25, 0.3) is 17.0 Å². The summed E-state index contributed by atoms with van der Waals surface area (Å²) in [6, 6.07) is 19.4. The molecule has 37 heavy (non-hydrogen) atoms. The first kappa shape index (κ1) is 24.3. The number of carbonyl (C=O) groups excluding carboxylic acids is 2. The number of nitrogens with zero attached hydrogens (tertiary/aromatic N) is 1. The fraction of sp³-hybridized carbons (Fsp3) is 0.172. The van der Waals surface area contributed by atoms with Gasteiger partial charge >= 0.3 is 6.03 Å². The average Bonchev–Trinajstić information content (AvgIpc) is 3.53. The summed E-state index contributed by atoms with van der Waals surface area (Å²) in [5.74, 6) is -0.959. The highest BCUT2D eigenvalue weighted by atomic mass is 19.1. The molecule has 0 saturated heterocycles. The number of benzene rings is 3. The Morgan fingerprint density at radius 1 is 1.11 bits per heavy atom. The summed E-state index contributed by atoms with van der Waals surface area (Å²) in [7, 11) is 0. The highest BCUT2D eigenvalue weighted by Crippen LogP contribution is 2.37. The number of amides is 3. The number of H-pyrrole nitrogens is 1. The molecule has 1 aliphatic rings. The number of para-hydroxylation sites is 1. The van der Waals surface area contributed by atoms with E-state index in [0.29, 0.717) is 18.7 Å². The molecule has 3 amide bonds. The van der Waals surface area contributed by atoms with Gasteiger partial charge in [-0.3, -0.25) is 10.0 Å². The van der Waals surface area contributed by atoms with Gasteiger partial charge in [-0.1, -0.05) is 36.4 Å². The molecule has 0 saturated carbocycles. The Morgan fingerprint density at radius 2 is 1.92 bits per heavy atom. The second kappa shape index (κ2) is 10.7. The predicted octanol–water partition coefficient (Wildman–Crippen LogP) is 5.59. The molecule has 1 atom stereocenters. The van der Waals surface area contributed by atoms with E-state index < -0.39 is 5.91 Å². The molecule has 7 nitrogen and oxygen atoms in total. The predicted molar refractivity (Wildman–Crippen MR) is 141 cm³/mol. The highest BCUT2D eigenvalue weighted by Gasteiger charge is 2.31. The molecule has 3 aromatic carbocycles. The van der Waals surface area contributed by atoms with Crippen LogP contribution in [0.15, 0.2) is 79.0 Å². The lowest BCUT2D eigenvalue weighted by Gasteiger charge is -2.30. The number of aromatic amines is 1. The Hall–Kier alpha value is -4.43. The number of hydrogen-bond donors (Lipinski definition) is 4. The molecule has 0 fully saturated rings. The van der Waals surface area contributed by atoms with Crippen LogP contribution in [-0.4, -0.2) is 33.6 Å². The van der Waals surface area contributed by atoms with Crippen molar-refractivity contribution in [3.63, 3.8) is 0 Å². The maximum absolute atomic E-state index is 13.5. The molecular weight excluding hydrogens is 471 g/mol. The van der Waals surface area contributed by atoms with Gasteiger partial charge in [0.25, 0.3) is 5.91 Å². The van der Waals surface area contributed by atoms with Gasteiger partial charge < -0.3 is 15.2 Å². The summed E-state index contributed by atoms with van der Waals surface area (Å²) in [4.78, 5) is 30.0. The lowest BCUT2D eigenvalue weighted by atomic mass is 10.0. The number of halogens is 1. The lowest BCUT2D eigenvalue weighted by molar-refractivity contribution is -0.124. The summed E-state index contributed by atoms with van der Waals surface area (Å²) >= 11 is 0. The zero-order valence-electron chi connectivity index (χ0n) is 20.1. The number of nitrogens with one attached hydrogen (secondary N) is 3. The van der Waals surface area contributed by atoms with Crippen molar-refractivity contribution in [3.8, 4) is 0 Å². The third-order valence-corrected chi connectivity index (χ3v) is 6.78.